The van der Waals surface area contributed by atoms with Crippen molar-refractivity contribution in [1.29, 1.82) is 5.26 Å². The van der Waals surface area contributed by atoms with Crippen molar-refractivity contribution < 1.29 is 0 Å². The Morgan fingerprint density at radius 3 is 2.35 bits per heavy atom. The summed E-state index contributed by atoms with van der Waals surface area (Å²) < 4.78 is 2.08. The predicted molar refractivity (Wildman–Crippen MR) is 91.6 cm³/mol. The number of nitriles is 1. The monoisotopic (exact) mass is 320 g/mol. The Balaban J connectivity index is 1.94. The molecular formula is C18H16N4S. The molecule has 0 N–H and O–H groups in total. The maximum absolute atomic E-state index is 8.72. The molecule has 0 saturated heterocycles. The fourth-order valence-electron chi connectivity index (χ4n) is 2.31. The van der Waals surface area contributed by atoms with Crippen molar-refractivity contribution >= 4 is 11.8 Å². The second-order valence-electron chi connectivity index (χ2n) is 4.99. The number of nitrogens with zero attached hydrogens (tertiary/aromatic N) is 4. The van der Waals surface area contributed by atoms with Crippen LogP contribution in [-0.2, 0) is 6.42 Å². The summed E-state index contributed by atoms with van der Waals surface area (Å²) in [4.78, 5) is 0. The highest BCUT2D eigenvalue weighted by atomic mass is 32.2. The molecule has 0 unspecified atom stereocenters. The second kappa shape index (κ2) is 7.61. The van der Waals surface area contributed by atoms with E-state index in [1.165, 1.54) is 5.56 Å². The van der Waals surface area contributed by atoms with Gasteiger partial charge in [0.05, 0.1) is 6.07 Å². The topological polar surface area (TPSA) is 54.5 Å². The molecule has 1 heterocycles. The zero-order valence-electron chi connectivity index (χ0n) is 12.6. The van der Waals surface area contributed by atoms with Gasteiger partial charge in [0.2, 0.25) is 0 Å². The van der Waals surface area contributed by atoms with E-state index in [2.05, 4.69) is 33.0 Å². The minimum absolute atomic E-state index is 0.500. The van der Waals surface area contributed by atoms with Gasteiger partial charge in [0.25, 0.3) is 0 Å². The molecular weight excluding hydrogens is 304 g/mol. The van der Waals surface area contributed by atoms with Gasteiger partial charge in [-0.1, -0.05) is 60.3 Å². The molecule has 114 valence electrons. The van der Waals surface area contributed by atoms with Gasteiger partial charge < -0.3 is 0 Å². The molecule has 0 fully saturated rings. The Hall–Kier alpha value is -2.58. The third-order valence-electron chi connectivity index (χ3n) is 3.36. The van der Waals surface area contributed by atoms with Gasteiger partial charge >= 0.3 is 0 Å². The summed E-state index contributed by atoms with van der Waals surface area (Å²) in [6, 6.07) is 22.5. The van der Waals surface area contributed by atoms with Crippen LogP contribution in [0.4, 0.5) is 0 Å². The van der Waals surface area contributed by atoms with Crippen molar-refractivity contribution in [2.24, 2.45) is 0 Å². The van der Waals surface area contributed by atoms with Crippen LogP contribution in [0.25, 0.3) is 5.69 Å². The highest BCUT2D eigenvalue weighted by Crippen LogP contribution is 2.23. The lowest BCUT2D eigenvalue weighted by atomic mass is 10.1. The third kappa shape index (κ3) is 3.79. The van der Waals surface area contributed by atoms with Crippen molar-refractivity contribution in [2.45, 2.75) is 18.0 Å². The summed E-state index contributed by atoms with van der Waals surface area (Å²) in [7, 11) is 0. The van der Waals surface area contributed by atoms with Crippen LogP contribution in [-0.4, -0.2) is 20.5 Å². The normalized spacial score (nSPS) is 10.4. The molecule has 4 nitrogen and oxygen atoms in total. The van der Waals surface area contributed by atoms with Gasteiger partial charge in [-0.3, -0.25) is 4.57 Å². The van der Waals surface area contributed by atoms with Crippen LogP contribution in [0.15, 0.2) is 65.8 Å². The molecule has 0 radical (unpaired) electrons. The average Bonchev–Trinajstić information content (AvgIpc) is 2.99. The van der Waals surface area contributed by atoms with Gasteiger partial charge in [0, 0.05) is 24.3 Å². The van der Waals surface area contributed by atoms with E-state index in [1.54, 1.807) is 11.8 Å². The van der Waals surface area contributed by atoms with Gasteiger partial charge in [0.1, 0.15) is 5.82 Å². The fourth-order valence-corrected chi connectivity index (χ4v) is 3.13. The Bertz CT molecular complexity index is 791. The van der Waals surface area contributed by atoms with E-state index in [-0.39, 0.29) is 0 Å². The summed E-state index contributed by atoms with van der Waals surface area (Å²) in [6.07, 6.45) is 1.22. The number of benzene rings is 2. The molecule has 5 heteroatoms. The summed E-state index contributed by atoms with van der Waals surface area (Å²) in [5, 5.41) is 18.3. The van der Waals surface area contributed by atoms with E-state index in [1.807, 2.05) is 48.5 Å². The highest BCUT2D eigenvalue weighted by molar-refractivity contribution is 7.99. The second-order valence-corrected chi connectivity index (χ2v) is 6.05. The third-order valence-corrected chi connectivity index (χ3v) is 4.30. The van der Waals surface area contributed by atoms with Crippen molar-refractivity contribution in [3.8, 4) is 11.8 Å². The lowest BCUT2D eigenvalue weighted by Crippen LogP contribution is -2.03. The molecule has 0 amide bonds. The van der Waals surface area contributed by atoms with E-state index in [4.69, 9.17) is 5.26 Å². The average molecular weight is 320 g/mol. The molecule has 0 spiro atoms. The molecule has 0 saturated carbocycles. The van der Waals surface area contributed by atoms with Crippen LogP contribution in [0.3, 0.4) is 0 Å². The molecule has 0 aliphatic rings. The largest absolute Gasteiger partial charge is 0.274 e. The Morgan fingerprint density at radius 1 is 0.957 bits per heavy atom. The molecule has 23 heavy (non-hydrogen) atoms. The van der Waals surface area contributed by atoms with Gasteiger partial charge in [0.15, 0.2) is 5.16 Å². The van der Waals surface area contributed by atoms with Crippen LogP contribution >= 0.6 is 11.8 Å². The van der Waals surface area contributed by atoms with E-state index in [0.717, 1.165) is 23.1 Å². The van der Waals surface area contributed by atoms with Crippen molar-refractivity contribution in [3.05, 3.63) is 72.1 Å². The molecule has 0 aliphatic heterocycles. The van der Waals surface area contributed by atoms with E-state index < -0.39 is 0 Å². The summed E-state index contributed by atoms with van der Waals surface area (Å²) in [5.74, 6) is 1.62. The highest BCUT2D eigenvalue weighted by Gasteiger charge is 2.14. The maximum Gasteiger partial charge on any atom is 0.195 e. The molecule has 0 bridgehead atoms. The van der Waals surface area contributed by atoms with E-state index >= 15 is 0 Å². The van der Waals surface area contributed by atoms with Crippen LogP contribution in [0, 0.1) is 11.3 Å². The first-order valence-corrected chi connectivity index (χ1v) is 8.40. The number of hydrogen-bond donors (Lipinski definition) is 0. The minimum Gasteiger partial charge on any atom is -0.274 e. The summed E-state index contributed by atoms with van der Waals surface area (Å²) in [5.41, 5.74) is 2.24. The molecule has 2 aromatic carbocycles. The molecule has 1 aromatic heterocycles. The Labute approximate surface area is 139 Å². The lowest BCUT2D eigenvalue weighted by Gasteiger charge is -2.10. The van der Waals surface area contributed by atoms with Crippen LogP contribution < -0.4 is 0 Å². The smallest absolute Gasteiger partial charge is 0.195 e. The number of para-hydroxylation sites is 1. The Morgan fingerprint density at radius 2 is 1.65 bits per heavy atom. The Kier molecular flexibility index (Phi) is 5.07. The summed E-state index contributed by atoms with van der Waals surface area (Å²) >= 11 is 1.56. The number of aromatic nitrogens is 3. The lowest BCUT2D eigenvalue weighted by molar-refractivity contribution is 0.847. The van der Waals surface area contributed by atoms with Crippen LogP contribution in [0.5, 0.6) is 0 Å². The number of hydrogen-bond acceptors (Lipinski definition) is 4. The minimum atomic E-state index is 0.500. The summed E-state index contributed by atoms with van der Waals surface area (Å²) in [6.45, 7) is 0. The van der Waals surface area contributed by atoms with Crippen molar-refractivity contribution in [2.75, 3.05) is 5.75 Å². The van der Waals surface area contributed by atoms with Gasteiger partial charge in [-0.15, -0.1) is 10.2 Å². The van der Waals surface area contributed by atoms with E-state index in [9.17, 15) is 0 Å². The van der Waals surface area contributed by atoms with E-state index in [0.29, 0.717) is 12.2 Å². The zero-order chi connectivity index (χ0) is 15.9. The number of thioether (sulfide) groups is 1. The van der Waals surface area contributed by atoms with Crippen molar-refractivity contribution in [1.82, 2.24) is 14.8 Å². The quantitative estimate of drug-likeness (QED) is 0.511. The van der Waals surface area contributed by atoms with Gasteiger partial charge in [-0.25, -0.2) is 0 Å². The zero-order valence-corrected chi connectivity index (χ0v) is 13.4. The standard InChI is InChI=1S/C18H16N4S/c19-12-7-13-23-18-21-20-17(14-15-8-3-1-4-9-15)22(18)16-10-5-2-6-11-16/h1-6,8-11H,7,13-14H2. The molecule has 0 aliphatic carbocycles. The SMILES string of the molecule is N#CCCSc1nnc(Cc2ccccc2)n1-c1ccccc1. The molecule has 3 aromatic rings. The number of rotatable bonds is 6. The predicted octanol–water partition coefficient (Wildman–Crippen LogP) is 3.86. The first-order valence-electron chi connectivity index (χ1n) is 7.42. The first kappa shape index (κ1) is 15.3. The maximum atomic E-state index is 8.72. The first-order chi connectivity index (χ1) is 11.4. The van der Waals surface area contributed by atoms with Gasteiger partial charge in [-0.2, -0.15) is 5.26 Å². The van der Waals surface area contributed by atoms with Crippen molar-refractivity contribution in [3.63, 3.8) is 0 Å². The molecule has 3 rings (SSSR count). The fraction of sp³-hybridized carbons (Fsp3) is 0.167. The van der Waals surface area contributed by atoms with Gasteiger partial charge in [-0.05, 0) is 17.7 Å². The van der Waals surface area contributed by atoms with Crippen LogP contribution in [0.2, 0.25) is 0 Å². The molecule has 0 atom stereocenters. The van der Waals surface area contributed by atoms with Crippen LogP contribution in [0.1, 0.15) is 17.8 Å².